The van der Waals surface area contributed by atoms with Crippen LogP contribution in [0, 0.1) is 0 Å². The molecular formula is C16H18N2O4. The molecular weight excluding hydrogens is 284 g/mol. The Morgan fingerprint density at radius 2 is 1.91 bits per heavy atom. The molecule has 6 nitrogen and oxygen atoms in total. The van der Waals surface area contributed by atoms with Crippen LogP contribution in [0.2, 0.25) is 0 Å². The molecule has 0 saturated carbocycles. The first-order valence-electron chi connectivity index (χ1n) is 6.83. The molecule has 0 aliphatic heterocycles. The first kappa shape index (κ1) is 15.9. The number of benzene rings is 1. The minimum Gasteiger partial charge on any atom is -0.497 e. The highest BCUT2D eigenvalue weighted by molar-refractivity contribution is 5.94. The van der Waals surface area contributed by atoms with E-state index in [4.69, 9.17) is 9.47 Å². The summed E-state index contributed by atoms with van der Waals surface area (Å²) in [6.45, 7) is 2.01. The maximum absolute atomic E-state index is 12.2. The van der Waals surface area contributed by atoms with Crippen LogP contribution in [0.3, 0.4) is 0 Å². The van der Waals surface area contributed by atoms with Gasteiger partial charge in [0.05, 0.1) is 31.5 Å². The molecule has 22 heavy (non-hydrogen) atoms. The van der Waals surface area contributed by atoms with E-state index in [-0.39, 0.29) is 11.3 Å². The molecule has 2 rings (SSSR count). The molecule has 0 fully saturated rings. The average molecular weight is 302 g/mol. The Bertz CT molecular complexity index is 720. The highest BCUT2D eigenvalue weighted by Gasteiger charge is 2.13. The molecule has 1 aromatic heterocycles. The predicted octanol–water partition coefficient (Wildman–Crippen LogP) is 1.77. The van der Waals surface area contributed by atoms with Gasteiger partial charge in [-0.15, -0.1) is 0 Å². The van der Waals surface area contributed by atoms with Gasteiger partial charge in [-0.1, -0.05) is 0 Å². The van der Waals surface area contributed by atoms with E-state index in [1.54, 1.807) is 26.4 Å². The van der Waals surface area contributed by atoms with Crippen molar-refractivity contribution in [2.75, 3.05) is 20.8 Å². The Morgan fingerprint density at radius 1 is 1.23 bits per heavy atom. The van der Waals surface area contributed by atoms with Gasteiger partial charge in [-0.25, -0.2) is 4.68 Å². The molecule has 0 bridgehead atoms. The van der Waals surface area contributed by atoms with Gasteiger partial charge in [0.1, 0.15) is 5.75 Å². The van der Waals surface area contributed by atoms with Crippen LogP contribution in [-0.4, -0.2) is 36.4 Å². The van der Waals surface area contributed by atoms with Gasteiger partial charge in [0.25, 0.3) is 5.56 Å². The molecule has 0 unspecified atom stereocenters. The van der Waals surface area contributed by atoms with E-state index < -0.39 is 5.56 Å². The third kappa shape index (κ3) is 3.40. The van der Waals surface area contributed by atoms with Crippen molar-refractivity contribution in [3.05, 3.63) is 46.2 Å². The maximum atomic E-state index is 12.2. The summed E-state index contributed by atoms with van der Waals surface area (Å²) in [6.07, 6.45) is 0. The van der Waals surface area contributed by atoms with Crippen LogP contribution in [0.15, 0.2) is 35.1 Å². The van der Waals surface area contributed by atoms with Gasteiger partial charge in [0.2, 0.25) is 0 Å². The number of rotatable bonds is 6. The van der Waals surface area contributed by atoms with E-state index in [9.17, 15) is 9.59 Å². The Hall–Kier alpha value is -2.47. The van der Waals surface area contributed by atoms with Crippen molar-refractivity contribution >= 4 is 5.78 Å². The van der Waals surface area contributed by atoms with Crippen LogP contribution in [0.4, 0.5) is 0 Å². The lowest BCUT2D eigenvalue weighted by molar-refractivity contribution is 0.101. The third-order valence-corrected chi connectivity index (χ3v) is 3.25. The summed E-state index contributed by atoms with van der Waals surface area (Å²) in [7, 11) is 3.14. The van der Waals surface area contributed by atoms with Gasteiger partial charge in [-0.3, -0.25) is 9.59 Å². The fourth-order valence-corrected chi connectivity index (χ4v) is 2.03. The van der Waals surface area contributed by atoms with Gasteiger partial charge in [0, 0.05) is 12.7 Å². The number of carbonyl (C=O) groups is 1. The molecule has 0 radical (unpaired) electrons. The lowest BCUT2D eigenvalue weighted by atomic mass is 10.1. The smallest absolute Gasteiger partial charge is 0.277 e. The lowest BCUT2D eigenvalue weighted by Gasteiger charge is -2.09. The maximum Gasteiger partial charge on any atom is 0.277 e. The van der Waals surface area contributed by atoms with Gasteiger partial charge in [-0.2, -0.15) is 5.10 Å². The second kappa shape index (κ2) is 7.00. The van der Waals surface area contributed by atoms with E-state index in [1.807, 2.05) is 12.1 Å². The van der Waals surface area contributed by atoms with Crippen LogP contribution >= 0.6 is 0 Å². The molecule has 0 aliphatic rings. The second-order valence-corrected chi connectivity index (χ2v) is 4.75. The summed E-state index contributed by atoms with van der Waals surface area (Å²) in [6, 6.07) is 8.78. The van der Waals surface area contributed by atoms with Crippen LogP contribution in [0.5, 0.6) is 5.75 Å². The number of hydrogen-bond donors (Lipinski definition) is 0. The summed E-state index contributed by atoms with van der Waals surface area (Å²) in [5.74, 6) is 0.441. The van der Waals surface area contributed by atoms with Crippen LogP contribution in [0.25, 0.3) is 11.3 Å². The van der Waals surface area contributed by atoms with Crippen LogP contribution < -0.4 is 10.3 Å². The Balaban J connectivity index is 2.52. The van der Waals surface area contributed by atoms with Crippen molar-refractivity contribution in [1.29, 1.82) is 0 Å². The Labute approximate surface area is 128 Å². The summed E-state index contributed by atoms with van der Waals surface area (Å²) in [4.78, 5) is 23.9. The number of methoxy groups -OCH3 is 2. The Morgan fingerprint density at radius 3 is 2.45 bits per heavy atom. The normalized spacial score (nSPS) is 10.5. The fraction of sp³-hybridized carbons (Fsp3) is 0.312. The van der Waals surface area contributed by atoms with Gasteiger partial charge in [0.15, 0.2) is 5.78 Å². The Kier molecular flexibility index (Phi) is 5.06. The SMILES string of the molecule is COCCn1nc(-c2ccc(OC)cc2)cc(C(C)=O)c1=O. The molecule has 0 atom stereocenters. The van der Waals surface area contributed by atoms with Crippen molar-refractivity contribution in [3.63, 3.8) is 0 Å². The molecule has 1 heterocycles. The highest BCUT2D eigenvalue weighted by atomic mass is 16.5. The van der Waals surface area contributed by atoms with Gasteiger partial charge >= 0.3 is 0 Å². The third-order valence-electron chi connectivity index (χ3n) is 3.25. The first-order chi connectivity index (χ1) is 10.6. The zero-order chi connectivity index (χ0) is 16.1. The van der Waals surface area contributed by atoms with Crippen molar-refractivity contribution in [3.8, 4) is 17.0 Å². The van der Waals surface area contributed by atoms with E-state index in [0.717, 1.165) is 11.3 Å². The number of Topliss-reactive ketones (excluding diaryl/α,β-unsaturated/α-hetero) is 1. The van der Waals surface area contributed by atoms with Crippen molar-refractivity contribution in [2.24, 2.45) is 0 Å². The molecule has 1 aromatic carbocycles. The highest BCUT2D eigenvalue weighted by Crippen LogP contribution is 2.20. The molecule has 0 saturated heterocycles. The second-order valence-electron chi connectivity index (χ2n) is 4.75. The standard InChI is InChI=1S/C16H18N2O4/c1-11(19)14-10-15(12-4-6-13(22-3)7-5-12)17-18(16(14)20)8-9-21-2/h4-7,10H,8-9H2,1-3H3. The molecule has 0 amide bonds. The zero-order valence-electron chi connectivity index (χ0n) is 12.8. The monoisotopic (exact) mass is 302 g/mol. The van der Waals surface area contributed by atoms with E-state index >= 15 is 0 Å². The molecule has 6 heteroatoms. The number of hydrogen-bond acceptors (Lipinski definition) is 5. The topological polar surface area (TPSA) is 70.4 Å². The number of carbonyl (C=O) groups excluding carboxylic acids is 1. The summed E-state index contributed by atoms with van der Waals surface area (Å²) in [5, 5.41) is 4.31. The van der Waals surface area contributed by atoms with Crippen molar-refractivity contribution < 1.29 is 14.3 Å². The van der Waals surface area contributed by atoms with Crippen LogP contribution in [-0.2, 0) is 11.3 Å². The predicted molar refractivity (Wildman–Crippen MR) is 82.4 cm³/mol. The number of ether oxygens (including phenoxy) is 2. The zero-order valence-corrected chi connectivity index (χ0v) is 12.8. The molecule has 0 spiro atoms. The van der Waals surface area contributed by atoms with Crippen molar-refractivity contribution in [2.45, 2.75) is 13.5 Å². The van der Waals surface area contributed by atoms with E-state index in [2.05, 4.69) is 5.10 Å². The fourth-order valence-electron chi connectivity index (χ4n) is 2.03. The molecule has 116 valence electrons. The molecule has 0 N–H and O–H groups in total. The lowest BCUT2D eigenvalue weighted by Crippen LogP contribution is -2.29. The summed E-state index contributed by atoms with van der Waals surface area (Å²) >= 11 is 0. The average Bonchev–Trinajstić information content (AvgIpc) is 2.53. The molecule has 2 aromatic rings. The van der Waals surface area contributed by atoms with Gasteiger partial charge < -0.3 is 9.47 Å². The first-order valence-corrected chi connectivity index (χ1v) is 6.83. The number of ketones is 1. The summed E-state index contributed by atoms with van der Waals surface area (Å²) < 4.78 is 11.4. The van der Waals surface area contributed by atoms with Crippen LogP contribution in [0.1, 0.15) is 17.3 Å². The minimum absolute atomic E-state index is 0.122. The minimum atomic E-state index is -0.401. The molecule has 0 aliphatic carbocycles. The number of nitrogens with zero attached hydrogens (tertiary/aromatic N) is 2. The summed E-state index contributed by atoms with van der Waals surface area (Å²) in [5.41, 5.74) is 1.08. The van der Waals surface area contributed by atoms with E-state index in [0.29, 0.717) is 18.8 Å². The number of aromatic nitrogens is 2. The quantitative estimate of drug-likeness (QED) is 0.761. The van der Waals surface area contributed by atoms with Gasteiger partial charge in [-0.05, 0) is 37.3 Å². The largest absolute Gasteiger partial charge is 0.497 e. The van der Waals surface area contributed by atoms with E-state index in [1.165, 1.54) is 17.7 Å². The van der Waals surface area contributed by atoms with Crippen molar-refractivity contribution in [1.82, 2.24) is 9.78 Å².